The molecule has 0 unspecified atom stereocenters. The summed E-state index contributed by atoms with van der Waals surface area (Å²) in [6.07, 6.45) is 5.22. The van der Waals surface area contributed by atoms with Crippen LogP contribution in [0.15, 0.2) is 97.5 Å². The number of nitrogens with zero attached hydrogens (tertiary/aromatic N) is 4. The van der Waals surface area contributed by atoms with E-state index in [4.69, 9.17) is 4.98 Å². The zero-order valence-electron chi connectivity index (χ0n) is 22.0. The van der Waals surface area contributed by atoms with Crippen molar-refractivity contribution < 1.29 is 14.3 Å². The fourth-order valence-corrected chi connectivity index (χ4v) is 5.00. The van der Waals surface area contributed by atoms with Crippen LogP contribution in [0.4, 0.5) is 10.1 Å². The van der Waals surface area contributed by atoms with Crippen LogP contribution in [0.1, 0.15) is 5.56 Å². The van der Waals surface area contributed by atoms with E-state index in [9.17, 15) is 14.3 Å². The van der Waals surface area contributed by atoms with Crippen LogP contribution in [0, 0.1) is 5.82 Å². The number of aromatic amines is 2. The number of benzene rings is 3. The van der Waals surface area contributed by atoms with Crippen LogP contribution in [0.3, 0.4) is 0 Å². The first-order chi connectivity index (χ1) is 20.5. The molecule has 9 nitrogen and oxygen atoms in total. The number of H-pyrrole nitrogens is 2. The van der Waals surface area contributed by atoms with E-state index in [0.717, 1.165) is 33.7 Å². The predicted molar refractivity (Wildman–Crippen MR) is 158 cm³/mol. The average molecular weight is 556 g/mol. The highest BCUT2D eigenvalue weighted by Crippen LogP contribution is 2.33. The topological polar surface area (TPSA) is 132 Å². The van der Waals surface area contributed by atoms with Crippen molar-refractivity contribution in [3.63, 3.8) is 0 Å². The molecule has 4 heterocycles. The quantitative estimate of drug-likeness (QED) is 0.192. The maximum atomic E-state index is 14.0. The molecular formula is C32H22FN7O2. The summed E-state index contributed by atoms with van der Waals surface area (Å²) in [7, 11) is 0. The summed E-state index contributed by atoms with van der Waals surface area (Å²) < 4.78 is 14.0. The van der Waals surface area contributed by atoms with Gasteiger partial charge in [0, 0.05) is 35.0 Å². The van der Waals surface area contributed by atoms with Gasteiger partial charge in [0.1, 0.15) is 22.8 Å². The minimum Gasteiger partial charge on any atom is -0.508 e. The van der Waals surface area contributed by atoms with Gasteiger partial charge in [-0.2, -0.15) is 5.10 Å². The maximum Gasteiger partial charge on any atom is 0.228 e. The molecule has 7 rings (SSSR count). The van der Waals surface area contributed by atoms with Crippen molar-refractivity contribution in [2.24, 2.45) is 0 Å². The normalized spacial score (nSPS) is 11.3. The summed E-state index contributed by atoms with van der Waals surface area (Å²) in [4.78, 5) is 29.4. The van der Waals surface area contributed by atoms with Crippen LogP contribution < -0.4 is 5.32 Å². The van der Waals surface area contributed by atoms with Crippen molar-refractivity contribution in [1.82, 2.24) is 30.1 Å². The molecule has 0 saturated carbocycles. The molecule has 0 aliphatic rings. The molecule has 7 aromatic rings. The molecule has 3 aromatic carbocycles. The Labute approximate surface area is 238 Å². The lowest BCUT2D eigenvalue weighted by Crippen LogP contribution is -2.14. The molecule has 10 heteroatoms. The van der Waals surface area contributed by atoms with Crippen LogP contribution in [0.2, 0.25) is 0 Å². The molecule has 1 amide bonds. The van der Waals surface area contributed by atoms with E-state index in [1.165, 1.54) is 12.1 Å². The van der Waals surface area contributed by atoms with Crippen LogP contribution >= 0.6 is 0 Å². The Balaban J connectivity index is 1.22. The molecule has 0 aliphatic carbocycles. The third kappa shape index (κ3) is 4.81. The first-order valence-corrected chi connectivity index (χ1v) is 13.1. The SMILES string of the molecule is O=C(Cc1ccccc1)Nc1cncc(-c2ccc3[nH]nc(-c4nc5c(-c6cc(O)cc(F)c6)nccc5[nH]4)c3c2)c1. The molecule has 0 bridgehead atoms. The van der Waals surface area contributed by atoms with Crippen molar-refractivity contribution in [3.8, 4) is 39.7 Å². The van der Waals surface area contributed by atoms with E-state index in [2.05, 4.69) is 30.5 Å². The predicted octanol–water partition coefficient (Wildman–Crippen LogP) is 6.26. The molecule has 0 atom stereocenters. The molecular weight excluding hydrogens is 533 g/mol. The average Bonchev–Trinajstić information content (AvgIpc) is 3.61. The van der Waals surface area contributed by atoms with E-state index in [-0.39, 0.29) is 18.1 Å². The number of carbonyl (C=O) groups is 1. The summed E-state index contributed by atoms with van der Waals surface area (Å²) in [6, 6.07) is 22.9. The summed E-state index contributed by atoms with van der Waals surface area (Å²) in [6.45, 7) is 0. The maximum absolute atomic E-state index is 14.0. The number of phenols is 1. The molecule has 4 aromatic heterocycles. The van der Waals surface area contributed by atoms with Crippen LogP contribution in [-0.4, -0.2) is 41.1 Å². The minimum absolute atomic E-state index is 0.125. The van der Waals surface area contributed by atoms with Crippen molar-refractivity contribution in [2.45, 2.75) is 6.42 Å². The van der Waals surface area contributed by atoms with E-state index in [0.29, 0.717) is 39.5 Å². The van der Waals surface area contributed by atoms with E-state index in [1.807, 2.05) is 54.6 Å². The van der Waals surface area contributed by atoms with E-state index >= 15 is 0 Å². The molecule has 0 saturated heterocycles. The van der Waals surface area contributed by atoms with Gasteiger partial charge in [-0.15, -0.1) is 0 Å². The standard InChI is InChI=1S/C32H22FN7O2/c33-22-11-20(13-24(41)15-22)29-31-27(8-9-35-29)37-32(38-31)30-25-14-19(6-7-26(25)39-40-30)21-12-23(17-34-16-21)36-28(42)10-18-4-2-1-3-5-18/h1-9,11-17,41H,10H2,(H,36,42)(H,37,38)(H,39,40). The zero-order valence-corrected chi connectivity index (χ0v) is 22.0. The van der Waals surface area contributed by atoms with Gasteiger partial charge in [-0.25, -0.2) is 9.37 Å². The van der Waals surface area contributed by atoms with Crippen LogP contribution in [0.25, 0.3) is 55.8 Å². The second-order valence-corrected chi connectivity index (χ2v) is 9.84. The number of hydrogen-bond donors (Lipinski definition) is 4. The number of fused-ring (bicyclic) bond motifs is 2. The van der Waals surface area contributed by atoms with E-state index < -0.39 is 5.82 Å². The van der Waals surface area contributed by atoms with Crippen molar-refractivity contribution in [3.05, 3.63) is 109 Å². The Morgan fingerprint density at radius 3 is 2.62 bits per heavy atom. The van der Waals surface area contributed by atoms with Gasteiger partial charge in [-0.3, -0.25) is 19.9 Å². The van der Waals surface area contributed by atoms with E-state index in [1.54, 1.807) is 24.7 Å². The number of aromatic nitrogens is 6. The van der Waals surface area contributed by atoms with Gasteiger partial charge in [0.2, 0.25) is 5.91 Å². The summed E-state index contributed by atoms with van der Waals surface area (Å²) in [5, 5.41) is 21.2. The smallest absolute Gasteiger partial charge is 0.228 e. The van der Waals surface area contributed by atoms with Gasteiger partial charge in [0.15, 0.2) is 5.82 Å². The molecule has 0 radical (unpaired) electrons. The highest BCUT2D eigenvalue weighted by Gasteiger charge is 2.17. The van der Waals surface area contributed by atoms with Gasteiger partial charge < -0.3 is 15.4 Å². The Hall–Kier alpha value is -5.90. The van der Waals surface area contributed by atoms with Gasteiger partial charge in [0.25, 0.3) is 0 Å². The summed E-state index contributed by atoms with van der Waals surface area (Å²) >= 11 is 0. The molecule has 0 fully saturated rings. The number of rotatable bonds is 6. The monoisotopic (exact) mass is 555 g/mol. The number of carbonyl (C=O) groups excluding carboxylic acids is 1. The number of anilines is 1. The number of phenolic OH excluding ortho intramolecular Hbond substituents is 1. The van der Waals surface area contributed by atoms with Crippen LogP contribution in [0.5, 0.6) is 5.75 Å². The second kappa shape index (κ2) is 10.3. The Kier molecular flexibility index (Phi) is 6.12. The number of hydrogen-bond acceptors (Lipinski definition) is 6. The number of halogens is 1. The minimum atomic E-state index is -0.570. The Bertz CT molecular complexity index is 2080. The van der Waals surface area contributed by atoms with Gasteiger partial charge >= 0.3 is 0 Å². The second-order valence-electron chi connectivity index (χ2n) is 9.84. The van der Waals surface area contributed by atoms with Crippen molar-refractivity contribution in [2.75, 3.05) is 5.32 Å². The van der Waals surface area contributed by atoms with Crippen molar-refractivity contribution in [1.29, 1.82) is 0 Å². The number of pyridine rings is 2. The summed E-state index contributed by atoms with van der Waals surface area (Å²) in [5.41, 5.74) is 6.69. The first kappa shape index (κ1) is 25.1. The molecule has 0 spiro atoms. The highest BCUT2D eigenvalue weighted by atomic mass is 19.1. The Morgan fingerprint density at radius 1 is 0.881 bits per heavy atom. The molecule has 42 heavy (non-hydrogen) atoms. The van der Waals surface area contributed by atoms with Gasteiger partial charge in [-0.1, -0.05) is 36.4 Å². The van der Waals surface area contributed by atoms with Crippen LogP contribution in [-0.2, 0) is 11.2 Å². The number of aromatic hydroxyl groups is 1. The zero-order chi connectivity index (χ0) is 28.6. The van der Waals surface area contributed by atoms with Crippen molar-refractivity contribution >= 4 is 33.5 Å². The number of nitrogens with one attached hydrogen (secondary N) is 3. The lowest BCUT2D eigenvalue weighted by atomic mass is 10.0. The van der Waals surface area contributed by atoms with Gasteiger partial charge in [-0.05, 0) is 47.5 Å². The molecule has 4 N–H and O–H groups in total. The third-order valence-electron chi connectivity index (χ3n) is 6.91. The Morgan fingerprint density at radius 2 is 1.76 bits per heavy atom. The highest BCUT2D eigenvalue weighted by molar-refractivity contribution is 5.98. The fourth-order valence-electron chi connectivity index (χ4n) is 5.00. The lowest BCUT2D eigenvalue weighted by Gasteiger charge is -2.08. The lowest BCUT2D eigenvalue weighted by molar-refractivity contribution is -0.115. The number of amides is 1. The van der Waals surface area contributed by atoms with Gasteiger partial charge in [0.05, 0.1) is 35.0 Å². The fraction of sp³-hybridized carbons (Fsp3) is 0.0312. The first-order valence-electron chi connectivity index (χ1n) is 13.1. The molecule has 0 aliphatic heterocycles. The number of imidazole rings is 1. The third-order valence-corrected chi connectivity index (χ3v) is 6.91. The largest absolute Gasteiger partial charge is 0.508 e. The summed E-state index contributed by atoms with van der Waals surface area (Å²) in [5.74, 6) is -0.386. The molecule has 204 valence electrons.